The third-order valence-electron chi connectivity index (χ3n) is 7.91. The molecule has 6 rings (SSSR count). The summed E-state index contributed by atoms with van der Waals surface area (Å²) in [7, 11) is 0. The average molecular weight is 602 g/mol. The first-order valence-electron chi connectivity index (χ1n) is 14.6. The van der Waals surface area contributed by atoms with Crippen molar-refractivity contribution in [2.24, 2.45) is 0 Å². The minimum absolute atomic E-state index is 0.102. The smallest absolute Gasteiger partial charge is 0.233 e. The lowest BCUT2D eigenvalue weighted by molar-refractivity contribution is -0.130. The minimum Gasteiger partial charge on any atom is -0.372 e. The number of piperazine rings is 1. The highest BCUT2D eigenvalue weighted by molar-refractivity contribution is 8.00. The van der Waals surface area contributed by atoms with E-state index in [0.29, 0.717) is 18.8 Å². The molecule has 218 valence electrons. The number of hydrogen-bond acceptors (Lipinski definition) is 7. The van der Waals surface area contributed by atoms with Gasteiger partial charge in [0.15, 0.2) is 5.82 Å². The minimum atomic E-state index is 0.102. The molecular formula is C33H36ClN5O2S. The van der Waals surface area contributed by atoms with Gasteiger partial charge in [0.2, 0.25) is 5.91 Å². The lowest BCUT2D eigenvalue weighted by Crippen LogP contribution is -2.50. The molecule has 2 saturated heterocycles. The molecule has 2 aliphatic rings. The Bertz CT molecular complexity index is 1500. The summed E-state index contributed by atoms with van der Waals surface area (Å²) < 4.78 is 5.96. The van der Waals surface area contributed by atoms with Gasteiger partial charge in [0.1, 0.15) is 5.03 Å². The van der Waals surface area contributed by atoms with Crippen molar-refractivity contribution in [1.82, 2.24) is 19.8 Å². The molecule has 2 aliphatic heterocycles. The number of aromatic nitrogens is 2. The lowest BCUT2D eigenvalue weighted by atomic mass is 9.96. The molecule has 42 heavy (non-hydrogen) atoms. The molecular weight excluding hydrogens is 566 g/mol. The molecule has 0 spiro atoms. The number of ether oxygens (including phenoxy) is 1. The van der Waals surface area contributed by atoms with Gasteiger partial charge in [-0.25, -0.2) is 9.97 Å². The van der Waals surface area contributed by atoms with Crippen LogP contribution in [0.4, 0.5) is 5.82 Å². The van der Waals surface area contributed by atoms with Crippen molar-refractivity contribution in [3.63, 3.8) is 0 Å². The summed E-state index contributed by atoms with van der Waals surface area (Å²) in [5.41, 5.74) is 4.15. The summed E-state index contributed by atoms with van der Waals surface area (Å²) >= 11 is 7.68. The highest BCUT2D eigenvalue weighted by Gasteiger charge is 2.30. The van der Waals surface area contributed by atoms with Crippen molar-refractivity contribution >= 4 is 46.1 Å². The van der Waals surface area contributed by atoms with Crippen LogP contribution in [-0.2, 0) is 9.53 Å². The van der Waals surface area contributed by atoms with E-state index in [-0.39, 0.29) is 24.2 Å². The number of morpholine rings is 1. The number of anilines is 1. The molecule has 3 aromatic carbocycles. The highest BCUT2D eigenvalue weighted by Crippen LogP contribution is 2.33. The van der Waals surface area contributed by atoms with Crippen LogP contribution >= 0.6 is 23.4 Å². The number of carbonyl (C=O) groups excluding carboxylic acids is 1. The summed E-state index contributed by atoms with van der Waals surface area (Å²) in [6.07, 6.45) is 0.204. The molecule has 0 saturated carbocycles. The van der Waals surface area contributed by atoms with Crippen molar-refractivity contribution in [2.45, 2.75) is 37.1 Å². The molecule has 7 nitrogen and oxygen atoms in total. The molecule has 9 heteroatoms. The van der Waals surface area contributed by atoms with Gasteiger partial charge >= 0.3 is 0 Å². The molecule has 2 fully saturated rings. The van der Waals surface area contributed by atoms with Crippen LogP contribution in [0.1, 0.15) is 31.0 Å². The molecule has 3 unspecified atom stereocenters. The third kappa shape index (κ3) is 6.57. The highest BCUT2D eigenvalue weighted by atomic mass is 35.5. The zero-order valence-electron chi connectivity index (χ0n) is 24.0. The van der Waals surface area contributed by atoms with E-state index in [1.165, 1.54) is 22.9 Å². The van der Waals surface area contributed by atoms with Gasteiger partial charge in [-0.3, -0.25) is 9.69 Å². The van der Waals surface area contributed by atoms with Gasteiger partial charge in [-0.1, -0.05) is 78.0 Å². The van der Waals surface area contributed by atoms with Crippen LogP contribution in [0.25, 0.3) is 11.0 Å². The Morgan fingerprint density at radius 2 is 1.45 bits per heavy atom. The first-order chi connectivity index (χ1) is 20.4. The first kappa shape index (κ1) is 28.9. The fourth-order valence-corrected chi connectivity index (χ4v) is 7.01. The molecule has 1 aromatic heterocycles. The van der Waals surface area contributed by atoms with Crippen LogP contribution in [0, 0.1) is 0 Å². The Morgan fingerprint density at radius 1 is 0.857 bits per heavy atom. The Morgan fingerprint density at radius 3 is 2.12 bits per heavy atom. The van der Waals surface area contributed by atoms with Crippen molar-refractivity contribution in [3.05, 3.63) is 95.0 Å². The number of para-hydroxylation sites is 2. The quantitative estimate of drug-likeness (QED) is 0.244. The van der Waals surface area contributed by atoms with Crippen molar-refractivity contribution in [2.75, 3.05) is 49.9 Å². The summed E-state index contributed by atoms with van der Waals surface area (Å²) in [4.78, 5) is 30.1. The van der Waals surface area contributed by atoms with Crippen molar-refractivity contribution in [3.8, 4) is 0 Å². The van der Waals surface area contributed by atoms with Crippen LogP contribution in [-0.4, -0.2) is 82.9 Å². The van der Waals surface area contributed by atoms with E-state index in [1.54, 1.807) is 0 Å². The Kier molecular flexibility index (Phi) is 8.95. The van der Waals surface area contributed by atoms with Crippen LogP contribution < -0.4 is 4.90 Å². The largest absolute Gasteiger partial charge is 0.372 e. The monoisotopic (exact) mass is 601 g/mol. The third-order valence-corrected chi connectivity index (χ3v) is 9.10. The van der Waals surface area contributed by atoms with Crippen LogP contribution in [0.3, 0.4) is 0 Å². The second kappa shape index (κ2) is 13.0. The lowest BCUT2D eigenvalue weighted by Gasteiger charge is -2.40. The van der Waals surface area contributed by atoms with Gasteiger partial charge in [-0.2, -0.15) is 0 Å². The summed E-state index contributed by atoms with van der Waals surface area (Å²) in [6.45, 7) is 8.63. The number of nitrogens with zero attached hydrogens (tertiary/aromatic N) is 5. The number of benzene rings is 3. The van der Waals surface area contributed by atoms with Crippen LogP contribution in [0.2, 0.25) is 5.02 Å². The number of thioether (sulfide) groups is 1. The fourth-order valence-electron chi connectivity index (χ4n) is 5.97. The van der Waals surface area contributed by atoms with Crippen molar-refractivity contribution < 1.29 is 9.53 Å². The van der Waals surface area contributed by atoms with Gasteiger partial charge in [-0.15, -0.1) is 0 Å². The zero-order valence-corrected chi connectivity index (χ0v) is 25.6. The summed E-state index contributed by atoms with van der Waals surface area (Å²) in [6, 6.07) is 26.7. The topological polar surface area (TPSA) is 61.8 Å². The van der Waals surface area contributed by atoms with Crippen LogP contribution in [0.5, 0.6) is 0 Å². The second-order valence-corrected chi connectivity index (χ2v) is 12.5. The number of fused-ring (bicyclic) bond motifs is 1. The van der Waals surface area contributed by atoms with Crippen LogP contribution in [0.15, 0.2) is 83.9 Å². The van der Waals surface area contributed by atoms with E-state index in [2.05, 4.69) is 60.0 Å². The van der Waals surface area contributed by atoms with E-state index < -0.39 is 0 Å². The van der Waals surface area contributed by atoms with Gasteiger partial charge in [-0.05, 0) is 49.2 Å². The maximum atomic E-state index is 13.5. The van der Waals surface area contributed by atoms with E-state index in [0.717, 1.165) is 53.1 Å². The SMILES string of the molecule is CC1CN(c2nc3ccccc3nc2SCC(=O)N2CCN(C(c3ccccc3)c3ccc(Cl)cc3)CC2)CC(C)O1. The normalized spacial score (nSPS) is 20.5. The molecule has 3 heterocycles. The molecule has 0 N–H and O–H groups in total. The zero-order chi connectivity index (χ0) is 29.1. The molecule has 0 bridgehead atoms. The summed E-state index contributed by atoms with van der Waals surface area (Å²) in [5.74, 6) is 1.30. The van der Waals surface area contributed by atoms with E-state index in [1.807, 2.05) is 47.4 Å². The standard InChI is InChI=1S/C33H36ClN5O2S/c1-23-20-39(21-24(2)41-23)32-33(36-29-11-7-6-10-28(29)35-32)42-22-30(40)37-16-18-38(19-17-37)31(25-8-4-3-5-9-25)26-12-14-27(34)15-13-26/h3-15,23-24,31H,16-22H2,1-2H3. The number of halogens is 1. The van der Waals surface area contributed by atoms with E-state index >= 15 is 0 Å². The Hall–Kier alpha value is -3.17. The van der Waals surface area contributed by atoms with Crippen molar-refractivity contribution in [1.29, 1.82) is 0 Å². The Labute approximate surface area is 256 Å². The molecule has 3 atom stereocenters. The predicted molar refractivity (Wildman–Crippen MR) is 170 cm³/mol. The second-order valence-electron chi connectivity index (χ2n) is 11.1. The van der Waals surface area contributed by atoms with Gasteiger partial charge in [0, 0.05) is 44.3 Å². The number of amides is 1. The number of rotatable bonds is 7. The molecule has 0 aliphatic carbocycles. The average Bonchev–Trinajstić information content (AvgIpc) is 3.01. The molecule has 4 aromatic rings. The number of hydrogen-bond donors (Lipinski definition) is 0. The maximum absolute atomic E-state index is 13.5. The van der Waals surface area contributed by atoms with E-state index in [4.69, 9.17) is 26.3 Å². The fraction of sp³-hybridized carbons (Fsp3) is 0.364. The van der Waals surface area contributed by atoms with E-state index in [9.17, 15) is 4.79 Å². The first-order valence-corrected chi connectivity index (χ1v) is 15.9. The van der Waals surface area contributed by atoms with Gasteiger partial charge in [0.25, 0.3) is 0 Å². The van der Waals surface area contributed by atoms with Gasteiger partial charge in [0.05, 0.1) is 35.0 Å². The van der Waals surface area contributed by atoms with Gasteiger partial charge < -0.3 is 14.5 Å². The Balaban J connectivity index is 1.14. The maximum Gasteiger partial charge on any atom is 0.233 e. The predicted octanol–water partition coefficient (Wildman–Crippen LogP) is 5.92. The molecule has 1 amide bonds. The summed E-state index contributed by atoms with van der Waals surface area (Å²) in [5, 5.41) is 1.53. The molecule has 0 radical (unpaired) electrons. The number of carbonyl (C=O) groups is 1.